The van der Waals surface area contributed by atoms with Gasteiger partial charge in [0.1, 0.15) is 0 Å². The number of methoxy groups -OCH3 is 1. The molecule has 2 aromatic rings. The number of carbonyl (C=O) groups is 1. The Morgan fingerprint density at radius 1 is 1.50 bits per heavy atom. The number of fused-ring (bicyclic) bond motifs is 1. The van der Waals surface area contributed by atoms with Crippen LogP contribution < -0.4 is 0 Å². The minimum Gasteiger partial charge on any atom is -0.466 e. The normalized spacial score (nSPS) is 11.1. The molecule has 4 heteroatoms. The van der Waals surface area contributed by atoms with E-state index in [9.17, 15) is 4.79 Å². The van der Waals surface area contributed by atoms with Gasteiger partial charge in [-0.25, -0.2) is 9.78 Å². The molecule has 0 spiro atoms. The fourth-order valence-electron chi connectivity index (χ4n) is 1.39. The van der Waals surface area contributed by atoms with E-state index in [4.69, 9.17) is 0 Å². The fraction of sp³-hybridized carbons (Fsp3) is 0.167. The largest absolute Gasteiger partial charge is 0.466 e. The van der Waals surface area contributed by atoms with Crippen LogP contribution in [0.5, 0.6) is 0 Å². The Kier molecular flexibility index (Phi) is 3.01. The summed E-state index contributed by atoms with van der Waals surface area (Å²) in [4.78, 5) is 15.3. The topological polar surface area (TPSA) is 39.2 Å². The fourth-order valence-corrected chi connectivity index (χ4v) is 2.27. The first-order valence-corrected chi connectivity index (χ1v) is 5.64. The first-order chi connectivity index (χ1) is 7.69. The first kappa shape index (κ1) is 10.8. The minimum absolute atomic E-state index is 0.347. The molecule has 0 saturated heterocycles. The third-order valence-electron chi connectivity index (χ3n) is 2.13. The molecular weight excluding hydrogens is 222 g/mol. The van der Waals surface area contributed by atoms with E-state index in [0.29, 0.717) is 0 Å². The van der Waals surface area contributed by atoms with Crippen LogP contribution in [-0.2, 0) is 9.53 Å². The molecule has 0 atom stereocenters. The number of rotatable bonds is 2. The van der Waals surface area contributed by atoms with Gasteiger partial charge < -0.3 is 4.74 Å². The van der Waals surface area contributed by atoms with Crippen LogP contribution in [0.3, 0.4) is 0 Å². The molecule has 16 heavy (non-hydrogen) atoms. The average molecular weight is 233 g/mol. The van der Waals surface area contributed by atoms with Gasteiger partial charge in [0, 0.05) is 6.08 Å². The number of thiazole rings is 1. The summed E-state index contributed by atoms with van der Waals surface area (Å²) in [6, 6.07) is 5.90. The third-order valence-corrected chi connectivity index (χ3v) is 3.07. The summed E-state index contributed by atoms with van der Waals surface area (Å²) >= 11 is 1.65. The molecule has 0 radical (unpaired) electrons. The highest BCUT2D eigenvalue weighted by Gasteiger charge is 2.00. The maximum Gasteiger partial charge on any atom is 0.330 e. The van der Waals surface area contributed by atoms with E-state index in [0.717, 1.165) is 20.8 Å². The van der Waals surface area contributed by atoms with Crippen molar-refractivity contribution in [2.75, 3.05) is 7.11 Å². The third kappa shape index (κ3) is 2.28. The van der Waals surface area contributed by atoms with Crippen molar-refractivity contribution in [1.29, 1.82) is 0 Å². The zero-order valence-corrected chi connectivity index (χ0v) is 9.88. The molecule has 2 rings (SSSR count). The van der Waals surface area contributed by atoms with Gasteiger partial charge in [0.05, 0.1) is 22.3 Å². The second-order valence-corrected chi connectivity index (χ2v) is 4.55. The van der Waals surface area contributed by atoms with Crippen molar-refractivity contribution in [2.24, 2.45) is 0 Å². The van der Waals surface area contributed by atoms with Gasteiger partial charge >= 0.3 is 5.97 Å². The van der Waals surface area contributed by atoms with Crippen LogP contribution in [-0.4, -0.2) is 18.1 Å². The molecule has 0 bridgehead atoms. The molecule has 0 fully saturated rings. The molecule has 0 amide bonds. The van der Waals surface area contributed by atoms with Crippen LogP contribution in [0.15, 0.2) is 24.3 Å². The Morgan fingerprint density at radius 2 is 2.31 bits per heavy atom. The van der Waals surface area contributed by atoms with Gasteiger partial charge in [-0.05, 0) is 30.7 Å². The lowest BCUT2D eigenvalue weighted by atomic mass is 10.2. The monoisotopic (exact) mass is 233 g/mol. The number of carbonyl (C=O) groups excluding carboxylic acids is 1. The Balaban J connectivity index is 2.32. The second kappa shape index (κ2) is 4.45. The van der Waals surface area contributed by atoms with Crippen LogP contribution >= 0.6 is 11.3 Å². The number of nitrogens with zero attached hydrogens (tertiary/aromatic N) is 1. The number of aryl methyl sites for hydroxylation is 1. The van der Waals surface area contributed by atoms with Crippen molar-refractivity contribution in [2.45, 2.75) is 6.92 Å². The zero-order chi connectivity index (χ0) is 11.5. The SMILES string of the molecule is COC(=O)/C=C/c1ccc2nc(C)sc2c1. The van der Waals surface area contributed by atoms with Gasteiger partial charge in [0.15, 0.2) is 0 Å². The van der Waals surface area contributed by atoms with Crippen molar-refractivity contribution in [1.82, 2.24) is 4.98 Å². The molecule has 1 aromatic carbocycles. The molecule has 1 aromatic heterocycles. The van der Waals surface area contributed by atoms with Crippen molar-refractivity contribution < 1.29 is 9.53 Å². The highest BCUT2D eigenvalue weighted by atomic mass is 32.1. The van der Waals surface area contributed by atoms with Gasteiger partial charge in [-0.15, -0.1) is 11.3 Å². The summed E-state index contributed by atoms with van der Waals surface area (Å²) in [5.74, 6) is -0.347. The Labute approximate surface area is 97.4 Å². The van der Waals surface area contributed by atoms with Crippen LogP contribution in [0.1, 0.15) is 10.6 Å². The summed E-state index contributed by atoms with van der Waals surface area (Å²) in [5, 5.41) is 1.05. The lowest BCUT2D eigenvalue weighted by Gasteiger charge is -1.93. The van der Waals surface area contributed by atoms with Crippen LogP contribution in [0, 0.1) is 6.92 Å². The molecule has 0 saturated carbocycles. The number of esters is 1. The number of aromatic nitrogens is 1. The van der Waals surface area contributed by atoms with Gasteiger partial charge in [0.2, 0.25) is 0 Å². The maximum atomic E-state index is 10.9. The van der Waals surface area contributed by atoms with E-state index >= 15 is 0 Å². The summed E-state index contributed by atoms with van der Waals surface area (Å²) in [6.07, 6.45) is 3.15. The van der Waals surface area contributed by atoms with Gasteiger partial charge in [0.25, 0.3) is 0 Å². The summed E-state index contributed by atoms with van der Waals surface area (Å²) in [5.41, 5.74) is 1.97. The zero-order valence-electron chi connectivity index (χ0n) is 9.06. The van der Waals surface area contributed by atoms with Crippen LogP contribution in [0.4, 0.5) is 0 Å². The molecular formula is C12H11NO2S. The molecule has 0 unspecified atom stereocenters. The Morgan fingerprint density at radius 3 is 3.06 bits per heavy atom. The molecule has 0 N–H and O–H groups in total. The van der Waals surface area contributed by atoms with E-state index in [1.165, 1.54) is 13.2 Å². The van der Waals surface area contributed by atoms with E-state index in [2.05, 4.69) is 9.72 Å². The second-order valence-electron chi connectivity index (χ2n) is 3.32. The van der Waals surface area contributed by atoms with Gasteiger partial charge in [-0.1, -0.05) is 6.07 Å². The molecule has 3 nitrogen and oxygen atoms in total. The van der Waals surface area contributed by atoms with Crippen LogP contribution in [0.25, 0.3) is 16.3 Å². The Bertz CT molecular complexity index is 557. The van der Waals surface area contributed by atoms with Gasteiger partial charge in [-0.2, -0.15) is 0 Å². The standard InChI is InChI=1S/C12H11NO2S/c1-8-13-10-5-3-9(7-11(10)16-8)4-6-12(14)15-2/h3-7H,1-2H3/b6-4+. The number of benzene rings is 1. The average Bonchev–Trinajstić information content (AvgIpc) is 2.65. The van der Waals surface area contributed by atoms with Crippen molar-refractivity contribution in [3.05, 3.63) is 34.8 Å². The van der Waals surface area contributed by atoms with Crippen LogP contribution in [0.2, 0.25) is 0 Å². The number of ether oxygens (including phenoxy) is 1. The summed E-state index contributed by atoms with van der Waals surface area (Å²) in [6.45, 7) is 1.98. The van der Waals surface area contributed by atoms with E-state index in [-0.39, 0.29) is 5.97 Å². The highest BCUT2D eigenvalue weighted by molar-refractivity contribution is 7.18. The lowest BCUT2D eigenvalue weighted by molar-refractivity contribution is -0.134. The maximum absolute atomic E-state index is 10.9. The summed E-state index contributed by atoms with van der Waals surface area (Å²) < 4.78 is 5.66. The molecule has 0 aliphatic carbocycles. The predicted octanol–water partition coefficient (Wildman–Crippen LogP) is 2.79. The number of hydrogen-bond donors (Lipinski definition) is 0. The Hall–Kier alpha value is -1.68. The quantitative estimate of drug-likeness (QED) is 0.591. The minimum atomic E-state index is -0.347. The lowest BCUT2D eigenvalue weighted by Crippen LogP contribution is -1.93. The predicted molar refractivity (Wildman–Crippen MR) is 65.4 cm³/mol. The highest BCUT2D eigenvalue weighted by Crippen LogP contribution is 2.23. The molecule has 1 heterocycles. The molecule has 0 aliphatic heterocycles. The van der Waals surface area contributed by atoms with Gasteiger partial charge in [-0.3, -0.25) is 0 Å². The van der Waals surface area contributed by atoms with E-state index in [1.807, 2.05) is 25.1 Å². The smallest absolute Gasteiger partial charge is 0.330 e. The van der Waals surface area contributed by atoms with Crippen molar-refractivity contribution in [3.63, 3.8) is 0 Å². The molecule has 82 valence electrons. The van der Waals surface area contributed by atoms with E-state index in [1.54, 1.807) is 17.4 Å². The first-order valence-electron chi connectivity index (χ1n) is 4.82. The van der Waals surface area contributed by atoms with Crippen molar-refractivity contribution in [3.8, 4) is 0 Å². The van der Waals surface area contributed by atoms with E-state index < -0.39 is 0 Å². The molecule has 0 aliphatic rings. The summed E-state index contributed by atoms with van der Waals surface area (Å²) in [7, 11) is 1.36. The van der Waals surface area contributed by atoms with Crippen molar-refractivity contribution >= 4 is 33.6 Å². The number of hydrogen-bond acceptors (Lipinski definition) is 4.